The number of esters is 1. The van der Waals surface area contributed by atoms with Crippen LogP contribution in [0.25, 0.3) is 0 Å². The number of hydrogen-bond acceptors (Lipinski definition) is 4. The lowest BCUT2D eigenvalue weighted by Crippen LogP contribution is -2.17. The molecule has 1 N–H and O–H groups in total. The van der Waals surface area contributed by atoms with E-state index in [9.17, 15) is 27.6 Å². The molecule has 0 aromatic heterocycles. The molecule has 5 nitrogen and oxygen atoms in total. The van der Waals surface area contributed by atoms with E-state index in [1.54, 1.807) is 0 Å². The molecule has 25 heavy (non-hydrogen) atoms. The molecule has 8 heteroatoms. The van der Waals surface area contributed by atoms with Crippen LogP contribution in [0.2, 0.25) is 0 Å². The number of anilines is 1. The largest absolute Gasteiger partial charge is 0.454 e. The van der Waals surface area contributed by atoms with Gasteiger partial charge >= 0.3 is 5.97 Å². The summed E-state index contributed by atoms with van der Waals surface area (Å²) in [7, 11) is 0. The van der Waals surface area contributed by atoms with Gasteiger partial charge in [-0.05, 0) is 30.3 Å². The van der Waals surface area contributed by atoms with Crippen molar-refractivity contribution in [1.29, 1.82) is 0 Å². The molecule has 0 spiro atoms. The molecule has 2 aromatic rings. The Hall–Kier alpha value is -3.16. The van der Waals surface area contributed by atoms with Crippen LogP contribution >= 0.6 is 0 Å². The number of rotatable bonds is 5. The zero-order chi connectivity index (χ0) is 18.6. The number of carbonyl (C=O) groups excluding carboxylic acids is 3. The van der Waals surface area contributed by atoms with E-state index in [0.29, 0.717) is 0 Å². The highest BCUT2D eigenvalue weighted by atomic mass is 19.1. The summed E-state index contributed by atoms with van der Waals surface area (Å²) in [5, 5.41) is 2.34. The molecule has 0 saturated heterocycles. The second-order valence-electron chi connectivity index (χ2n) is 4.97. The number of nitrogens with one attached hydrogen (secondary N) is 1. The van der Waals surface area contributed by atoms with Gasteiger partial charge in [0.25, 0.3) is 0 Å². The van der Waals surface area contributed by atoms with Crippen LogP contribution in [0.4, 0.5) is 18.9 Å². The van der Waals surface area contributed by atoms with E-state index >= 15 is 0 Å². The molecule has 0 unspecified atom stereocenters. The van der Waals surface area contributed by atoms with Crippen molar-refractivity contribution in [2.75, 3.05) is 11.9 Å². The third-order valence-corrected chi connectivity index (χ3v) is 3.09. The summed E-state index contributed by atoms with van der Waals surface area (Å²) < 4.78 is 45.3. The smallest absolute Gasteiger partial charge is 0.344 e. The first-order chi connectivity index (χ1) is 11.8. The molecule has 2 rings (SSSR count). The lowest BCUT2D eigenvalue weighted by Gasteiger charge is -2.08. The van der Waals surface area contributed by atoms with Gasteiger partial charge in [0.05, 0.1) is 5.56 Å². The third kappa shape index (κ3) is 4.43. The molecule has 0 radical (unpaired) electrons. The molecule has 0 atom stereocenters. The van der Waals surface area contributed by atoms with Gasteiger partial charge in [-0.25, -0.2) is 18.0 Å². The van der Waals surface area contributed by atoms with Crippen LogP contribution in [0.3, 0.4) is 0 Å². The number of ketones is 1. The van der Waals surface area contributed by atoms with E-state index in [2.05, 4.69) is 10.1 Å². The van der Waals surface area contributed by atoms with E-state index in [0.717, 1.165) is 30.3 Å². The van der Waals surface area contributed by atoms with Crippen LogP contribution in [0.5, 0.6) is 0 Å². The predicted molar refractivity (Wildman–Crippen MR) is 81.7 cm³/mol. The van der Waals surface area contributed by atoms with E-state index < -0.39 is 52.8 Å². The molecule has 2 aromatic carbocycles. The van der Waals surface area contributed by atoms with E-state index in [4.69, 9.17) is 0 Å². The highest BCUT2D eigenvalue weighted by Crippen LogP contribution is 2.17. The zero-order valence-corrected chi connectivity index (χ0v) is 12.9. The van der Waals surface area contributed by atoms with E-state index in [-0.39, 0.29) is 5.69 Å². The van der Waals surface area contributed by atoms with Gasteiger partial charge in [0.2, 0.25) is 11.7 Å². The second-order valence-corrected chi connectivity index (χ2v) is 4.97. The standard InChI is InChI=1S/C17H12F3NO4/c1-9(22)21-10-5-6-11(14(20)7-10)15(23)8-25-17(24)16-12(18)3-2-4-13(16)19/h2-7H,8H2,1H3,(H,21,22). The normalized spacial score (nSPS) is 10.2. The summed E-state index contributed by atoms with van der Waals surface area (Å²) >= 11 is 0. The van der Waals surface area contributed by atoms with E-state index in [1.807, 2.05) is 0 Å². The first-order valence-corrected chi connectivity index (χ1v) is 7.01. The summed E-state index contributed by atoms with van der Waals surface area (Å²) in [6.45, 7) is 0.335. The van der Waals surface area contributed by atoms with Gasteiger partial charge in [0.1, 0.15) is 23.0 Å². The maximum Gasteiger partial charge on any atom is 0.344 e. The molecule has 0 fully saturated rings. The Bertz CT molecular complexity index is 832. The fraction of sp³-hybridized carbons (Fsp3) is 0.118. The van der Waals surface area contributed by atoms with Crippen molar-refractivity contribution < 1.29 is 32.3 Å². The Morgan fingerprint density at radius 1 is 1.00 bits per heavy atom. The monoisotopic (exact) mass is 351 g/mol. The fourth-order valence-electron chi connectivity index (χ4n) is 2.00. The van der Waals surface area contributed by atoms with Gasteiger partial charge in [-0.2, -0.15) is 0 Å². The van der Waals surface area contributed by atoms with Crippen LogP contribution in [0.1, 0.15) is 27.6 Å². The summed E-state index contributed by atoms with van der Waals surface area (Å²) in [5.41, 5.74) is -1.18. The number of ether oxygens (including phenoxy) is 1. The maximum absolute atomic E-state index is 13.9. The highest BCUT2D eigenvalue weighted by molar-refractivity contribution is 6.00. The van der Waals surface area contributed by atoms with Crippen molar-refractivity contribution in [3.63, 3.8) is 0 Å². The van der Waals surface area contributed by atoms with Crippen molar-refractivity contribution in [3.05, 3.63) is 65.0 Å². The number of Topliss-reactive ketones (excluding diaryl/α,β-unsaturated/α-hetero) is 1. The Labute approximate surface area is 140 Å². The molecule has 0 aliphatic heterocycles. The van der Waals surface area contributed by atoms with Crippen molar-refractivity contribution in [2.24, 2.45) is 0 Å². The highest BCUT2D eigenvalue weighted by Gasteiger charge is 2.21. The minimum absolute atomic E-state index is 0.145. The third-order valence-electron chi connectivity index (χ3n) is 3.09. The summed E-state index contributed by atoms with van der Waals surface area (Å²) in [6.07, 6.45) is 0. The Morgan fingerprint density at radius 3 is 2.20 bits per heavy atom. The van der Waals surface area contributed by atoms with Gasteiger partial charge in [-0.3, -0.25) is 9.59 Å². The Balaban J connectivity index is 2.07. The molecule has 0 aliphatic rings. The van der Waals surface area contributed by atoms with Crippen molar-refractivity contribution in [2.45, 2.75) is 6.92 Å². The Morgan fingerprint density at radius 2 is 1.64 bits per heavy atom. The van der Waals surface area contributed by atoms with Crippen LogP contribution in [-0.2, 0) is 9.53 Å². The first-order valence-electron chi connectivity index (χ1n) is 7.01. The van der Waals surface area contributed by atoms with E-state index in [1.165, 1.54) is 13.0 Å². The van der Waals surface area contributed by atoms with Crippen molar-refractivity contribution in [1.82, 2.24) is 0 Å². The molecular weight excluding hydrogens is 339 g/mol. The predicted octanol–water partition coefficient (Wildman–Crippen LogP) is 3.10. The lowest BCUT2D eigenvalue weighted by molar-refractivity contribution is -0.114. The molecular formula is C17H12F3NO4. The molecule has 0 saturated carbocycles. The van der Waals surface area contributed by atoms with Gasteiger partial charge < -0.3 is 10.1 Å². The van der Waals surface area contributed by atoms with Gasteiger partial charge in [0.15, 0.2) is 6.61 Å². The molecule has 0 heterocycles. The number of hydrogen-bond donors (Lipinski definition) is 1. The quantitative estimate of drug-likeness (QED) is 0.664. The molecule has 1 amide bonds. The van der Waals surface area contributed by atoms with Crippen molar-refractivity contribution in [3.8, 4) is 0 Å². The molecule has 130 valence electrons. The zero-order valence-electron chi connectivity index (χ0n) is 12.9. The van der Waals surface area contributed by atoms with Gasteiger partial charge in [-0.1, -0.05) is 6.07 Å². The molecule has 0 aliphatic carbocycles. The number of amides is 1. The average molecular weight is 351 g/mol. The average Bonchev–Trinajstić information content (AvgIpc) is 2.52. The fourth-order valence-corrected chi connectivity index (χ4v) is 2.00. The number of benzene rings is 2. The van der Waals surface area contributed by atoms with Crippen LogP contribution in [-0.4, -0.2) is 24.3 Å². The minimum Gasteiger partial charge on any atom is -0.454 e. The molecule has 0 bridgehead atoms. The summed E-state index contributed by atoms with van der Waals surface area (Å²) in [6, 6.07) is 6.10. The van der Waals surface area contributed by atoms with Gasteiger partial charge in [-0.15, -0.1) is 0 Å². The van der Waals surface area contributed by atoms with Crippen LogP contribution in [0, 0.1) is 17.5 Å². The minimum atomic E-state index is -1.38. The van der Waals surface area contributed by atoms with Crippen LogP contribution in [0.15, 0.2) is 36.4 Å². The number of carbonyl (C=O) groups is 3. The maximum atomic E-state index is 13.9. The SMILES string of the molecule is CC(=O)Nc1ccc(C(=O)COC(=O)c2c(F)cccc2F)c(F)c1. The second kappa shape index (κ2) is 7.61. The lowest BCUT2D eigenvalue weighted by atomic mass is 10.1. The number of halogens is 3. The van der Waals surface area contributed by atoms with Crippen LogP contribution < -0.4 is 5.32 Å². The summed E-state index contributed by atoms with van der Waals surface area (Å²) in [4.78, 5) is 34.5. The van der Waals surface area contributed by atoms with Gasteiger partial charge in [0, 0.05) is 12.6 Å². The van der Waals surface area contributed by atoms with Crippen molar-refractivity contribution >= 4 is 23.3 Å². The summed E-state index contributed by atoms with van der Waals surface area (Å²) in [5.74, 6) is -5.91. The topological polar surface area (TPSA) is 72.5 Å². The Kier molecular flexibility index (Phi) is 5.53. The first kappa shape index (κ1) is 18.2.